The Bertz CT molecular complexity index is 231. The highest BCUT2D eigenvalue weighted by Crippen LogP contribution is 2.13. The molecule has 0 bridgehead atoms. The summed E-state index contributed by atoms with van der Waals surface area (Å²) in [5, 5.41) is 5.34. The van der Waals surface area contributed by atoms with E-state index in [-0.39, 0.29) is 0 Å². The number of nitrogens with one attached hydrogen (secondary N) is 1. The standard InChI is InChI=1S/C11H20N2S/c1-10(2)13(7-6-12-3)9-11-5-4-8-14-11/h4-5,8,10,12H,6-7,9H2,1-3H3. The van der Waals surface area contributed by atoms with Gasteiger partial charge in [0.15, 0.2) is 0 Å². The van der Waals surface area contributed by atoms with Gasteiger partial charge >= 0.3 is 0 Å². The fraction of sp³-hybridized carbons (Fsp3) is 0.636. The molecule has 0 radical (unpaired) electrons. The predicted molar refractivity (Wildman–Crippen MR) is 63.8 cm³/mol. The third-order valence-electron chi connectivity index (χ3n) is 2.32. The topological polar surface area (TPSA) is 15.3 Å². The quantitative estimate of drug-likeness (QED) is 0.777. The maximum absolute atomic E-state index is 3.19. The van der Waals surface area contributed by atoms with Crippen LogP contribution < -0.4 is 5.32 Å². The molecule has 0 aliphatic rings. The fourth-order valence-corrected chi connectivity index (χ4v) is 2.11. The average Bonchev–Trinajstić information content (AvgIpc) is 2.64. The van der Waals surface area contributed by atoms with Crippen molar-refractivity contribution in [3.63, 3.8) is 0 Å². The molecule has 0 aromatic carbocycles. The summed E-state index contributed by atoms with van der Waals surface area (Å²) in [4.78, 5) is 3.94. The van der Waals surface area contributed by atoms with Gasteiger partial charge in [-0.15, -0.1) is 11.3 Å². The summed E-state index contributed by atoms with van der Waals surface area (Å²) in [5.41, 5.74) is 0. The van der Waals surface area contributed by atoms with Crippen LogP contribution >= 0.6 is 11.3 Å². The molecule has 80 valence electrons. The number of hydrogen-bond donors (Lipinski definition) is 1. The van der Waals surface area contributed by atoms with Crippen LogP contribution in [0.5, 0.6) is 0 Å². The first-order valence-corrected chi connectivity index (χ1v) is 6.03. The molecule has 0 aliphatic carbocycles. The van der Waals surface area contributed by atoms with E-state index in [4.69, 9.17) is 0 Å². The molecule has 1 aromatic heterocycles. The normalized spacial score (nSPS) is 11.5. The SMILES string of the molecule is CNCCN(Cc1cccs1)C(C)C. The van der Waals surface area contributed by atoms with E-state index >= 15 is 0 Å². The Balaban J connectivity index is 2.43. The summed E-state index contributed by atoms with van der Waals surface area (Å²) in [6.45, 7) is 7.76. The molecular weight excluding hydrogens is 192 g/mol. The molecule has 2 nitrogen and oxygen atoms in total. The first-order valence-electron chi connectivity index (χ1n) is 5.15. The van der Waals surface area contributed by atoms with Gasteiger partial charge in [-0.1, -0.05) is 6.07 Å². The Morgan fingerprint density at radius 3 is 2.79 bits per heavy atom. The van der Waals surface area contributed by atoms with Gasteiger partial charge < -0.3 is 5.32 Å². The first-order chi connectivity index (χ1) is 6.74. The third-order valence-corrected chi connectivity index (χ3v) is 3.18. The molecule has 0 spiro atoms. The molecule has 1 rings (SSSR count). The maximum Gasteiger partial charge on any atom is 0.0331 e. The molecule has 1 N–H and O–H groups in total. The molecule has 14 heavy (non-hydrogen) atoms. The van der Waals surface area contributed by atoms with Gasteiger partial charge in [-0.05, 0) is 32.3 Å². The first kappa shape index (κ1) is 11.7. The highest BCUT2D eigenvalue weighted by atomic mass is 32.1. The summed E-state index contributed by atoms with van der Waals surface area (Å²) in [7, 11) is 2.00. The Morgan fingerprint density at radius 1 is 1.50 bits per heavy atom. The summed E-state index contributed by atoms with van der Waals surface area (Å²) in [6, 6.07) is 4.95. The van der Waals surface area contributed by atoms with Crippen molar-refractivity contribution >= 4 is 11.3 Å². The minimum atomic E-state index is 0.616. The Morgan fingerprint density at radius 2 is 2.29 bits per heavy atom. The van der Waals surface area contributed by atoms with Crippen LogP contribution in [0.2, 0.25) is 0 Å². The van der Waals surface area contributed by atoms with Crippen molar-refractivity contribution in [1.82, 2.24) is 10.2 Å². The Labute approximate surface area is 90.9 Å². The monoisotopic (exact) mass is 212 g/mol. The van der Waals surface area contributed by atoms with Crippen LogP contribution in [0.4, 0.5) is 0 Å². The largest absolute Gasteiger partial charge is 0.318 e. The molecule has 0 atom stereocenters. The lowest BCUT2D eigenvalue weighted by Crippen LogP contribution is -2.35. The van der Waals surface area contributed by atoms with Crippen molar-refractivity contribution in [2.45, 2.75) is 26.4 Å². The predicted octanol–water partition coefficient (Wildman–Crippen LogP) is 2.18. The smallest absolute Gasteiger partial charge is 0.0331 e. The van der Waals surface area contributed by atoms with Gasteiger partial charge in [-0.25, -0.2) is 0 Å². The average molecular weight is 212 g/mol. The molecule has 0 aliphatic heterocycles. The number of nitrogens with zero attached hydrogens (tertiary/aromatic N) is 1. The van der Waals surface area contributed by atoms with Gasteiger partial charge in [-0.2, -0.15) is 0 Å². The molecule has 1 heterocycles. The summed E-state index contributed by atoms with van der Waals surface area (Å²) in [5.74, 6) is 0. The van der Waals surface area contributed by atoms with Crippen LogP contribution in [-0.4, -0.2) is 31.1 Å². The summed E-state index contributed by atoms with van der Waals surface area (Å²) in [6.07, 6.45) is 0. The molecule has 1 aromatic rings. The highest BCUT2D eigenvalue weighted by molar-refractivity contribution is 7.09. The van der Waals surface area contributed by atoms with Crippen molar-refractivity contribution in [3.8, 4) is 0 Å². The van der Waals surface area contributed by atoms with Crippen LogP contribution in [0.3, 0.4) is 0 Å². The van der Waals surface area contributed by atoms with Crippen LogP contribution in [-0.2, 0) is 6.54 Å². The van der Waals surface area contributed by atoms with E-state index in [1.165, 1.54) is 4.88 Å². The number of likely N-dealkylation sites (N-methyl/N-ethyl adjacent to an activating group) is 1. The van der Waals surface area contributed by atoms with E-state index in [0.717, 1.165) is 19.6 Å². The van der Waals surface area contributed by atoms with Gasteiger partial charge in [0.1, 0.15) is 0 Å². The van der Waals surface area contributed by atoms with Gasteiger partial charge in [0.25, 0.3) is 0 Å². The van der Waals surface area contributed by atoms with Crippen molar-refractivity contribution in [2.75, 3.05) is 20.1 Å². The van der Waals surface area contributed by atoms with Gasteiger partial charge in [0.2, 0.25) is 0 Å². The van der Waals surface area contributed by atoms with E-state index in [1.807, 2.05) is 18.4 Å². The molecule has 0 unspecified atom stereocenters. The van der Waals surface area contributed by atoms with Gasteiger partial charge in [-0.3, -0.25) is 4.90 Å². The minimum absolute atomic E-state index is 0.616. The summed E-state index contributed by atoms with van der Waals surface area (Å²) < 4.78 is 0. The number of thiophene rings is 1. The number of hydrogen-bond acceptors (Lipinski definition) is 3. The van der Waals surface area contributed by atoms with Gasteiger partial charge in [0.05, 0.1) is 0 Å². The molecule has 0 fully saturated rings. The molecule has 0 amide bonds. The van der Waals surface area contributed by atoms with Crippen LogP contribution in [0.1, 0.15) is 18.7 Å². The van der Waals surface area contributed by atoms with Crippen LogP contribution in [0, 0.1) is 0 Å². The highest BCUT2D eigenvalue weighted by Gasteiger charge is 2.09. The van der Waals surface area contributed by atoms with Crippen molar-refractivity contribution in [1.29, 1.82) is 0 Å². The van der Waals surface area contributed by atoms with Crippen LogP contribution in [0.15, 0.2) is 17.5 Å². The molecular formula is C11H20N2S. The lowest BCUT2D eigenvalue weighted by molar-refractivity contribution is 0.217. The van der Waals surface area contributed by atoms with E-state index < -0.39 is 0 Å². The lowest BCUT2D eigenvalue weighted by Gasteiger charge is -2.25. The van der Waals surface area contributed by atoms with E-state index in [0.29, 0.717) is 6.04 Å². The molecule has 3 heteroatoms. The maximum atomic E-state index is 3.19. The zero-order valence-corrected chi connectivity index (χ0v) is 10.1. The molecule has 0 saturated heterocycles. The zero-order valence-electron chi connectivity index (χ0n) is 9.29. The number of rotatable bonds is 6. The minimum Gasteiger partial charge on any atom is -0.318 e. The second kappa shape index (κ2) is 6.17. The fourth-order valence-electron chi connectivity index (χ4n) is 1.38. The van der Waals surface area contributed by atoms with Crippen LogP contribution in [0.25, 0.3) is 0 Å². The van der Waals surface area contributed by atoms with E-state index in [2.05, 4.69) is 41.6 Å². The van der Waals surface area contributed by atoms with E-state index in [1.54, 1.807) is 0 Å². The van der Waals surface area contributed by atoms with Crippen molar-refractivity contribution in [3.05, 3.63) is 22.4 Å². The second-order valence-electron chi connectivity index (χ2n) is 3.75. The Hall–Kier alpha value is -0.380. The summed E-state index contributed by atoms with van der Waals surface area (Å²) >= 11 is 1.84. The molecule has 0 saturated carbocycles. The Kier molecular flexibility index (Phi) is 5.15. The lowest BCUT2D eigenvalue weighted by atomic mass is 10.3. The van der Waals surface area contributed by atoms with E-state index in [9.17, 15) is 0 Å². The zero-order chi connectivity index (χ0) is 10.4. The second-order valence-corrected chi connectivity index (χ2v) is 4.78. The third kappa shape index (κ3) is 3.78. The van der Waals surface area contributed by atoms with Crippen molar-refractivity contribution in [2.24, 2.45) is 0 Å². The van der Waals surface area contributed by atoms with Gasteiger partial charge in [0, 0.05) is 30.6 Å². The van der Waals surface area contributed by atoms with Crippen molar-refractivity contribution < 1.29 is 0 Å².